The molecular formula is C30H27N3O3. The second-order valence-electron chi connectivity index (χ2n) is 9.74. The molecule has 6 rings (SSSR count). The first-order valence-corrected chi connectivity index (χ1v) is 12.4. The second-order valence-corrected chi connectivity index (χ2v) is 9.74. The summed E-state index contributed by atoms with van der Waals surface area (Å²) in [6.07, 6.45) is 5.07. The van der Waals surface area contributed by atoms with E-state index in [2.05, 4.69) is 83.9 Å². The predicted molar refractivity (Wildman–Crippen MR) is 138 cm³/mol. The number of para-hydroxylation sites is 1. The van der Waals surface area contributed by atoms with Gasteiger partial charge in [-0.3, -0.25) is 19.7 Å². The van der Waals surface area contributed by atoms with Crippen molar-refractivity contribution in [2.75, 3.05) is 4.90 Å². The first-order chi connectivity index (χ1) is 17.5. The Balaban J connectivity index is 1.31. The van der Waals surface area contributed by atoms with E-state index in [1.807, 2.05) is 12.1 Å². The topological polar surface area (TPSA) is 69.7 Å². The number of piperidine rings is 1. The minimum Gasteiger partial charge on any atom is -0.356 e. The normalized spacial score (nSPS) is 20.9. The standard InChI is InChI=1S/C30H27N3O3/c1-19-6-2-4-8-23(19)26-13-11-21-7-3-5-9-25(21)32(26)17-20-10-12-24-22(16-20)18-33(30(24)36)27-14-15-28(34)31-29(27)35/h2-13,16,26-27H,14-15,17-18H2,1H3,(H,31,34,35). The molecule has 180 valence electrons. The van der Waals surface area contributed by atoms with Gasteiger partial charge in [0.2, 0.25) is 11.8 Å². The number of carbonyl (C=O) groups excluding carboxylic acids is 3. The van der Waals surface area contributed by atoms with Gasteiger partial charge >= 0.3 is 0 Å². The minimum absolute atomic E-state index is 0.0935. The highest BCUT2D eigenvalue weighted by molar-refractivity contribution is 6.05. The molecule has 6 heteroatoms. The van der Waals surface area contributed by atoms with Gasteiger partial charge < -0.3 is 9.80 Å². The lowest BCUT2D eigenvalue weighted by Crippen LogP contribution is -2.52. The summed E-state index contributed by atoms with van der Waals surface area (Å²) < 4.78 is 0. The summed E-state index contributed by atoms with van der Waals surface area (Å²) in [4.78, 5) is 41.1. The number of amides is 3. The van der Waals surface area contributed by atoms with Crippen molar-refractivity contribution in [1.29, 1.82) is 0 Å². The molecule has 1 fully saturated rings. The summed E-state index contributed by atoms with van der Waals surface area (Å²) >= 11 is 0. The molecule has 2 atom stereocenters. The number of nitrogens with zero attached hydrogens (tertiary/aromatic N) is 2. The van der Waals surface area contributed by atoms with Crippen LogP contribution in [0.25, 0.3) is 6.08 Å². The fourth-order valence-corrected chi connectivity index (χ4v) is 5.64. The Labute approximate surface area is 210 Å². The number of benzene rings is 3. The predicted octanol–water partition coefficient (Wildman–Crippen LogP) is 4.53. The van der Waals surface area contributed by atoms with Crippen molar-refractivity contribution in [3.05, 3.63) is 106 Å². The van der Waals surface area contributed by atoms with Crippen LogP contribution in [0, 0.1) is 6.92 Å². The Morgan fingerprint density at radius 1 is 0.972 bits per heavy atom. The number of aryl methyl sites for hydroxylation is 1. The molecule has 0 aliphatic carbocycles. The lowest BCUT2D eigenvalue weighted by atomic mass is 9.93. The van der Waals surface area contributed by atoms with E-state index in [0.717, 1.165) is 11.1 Å². The Morgan fingerprint density at radius 2 is 1.78 bits per heavy atom. The van der Waals surface area contributed by atoms with E-state index in [-0.39, 0.29) is 30.2 Å². The van der Waals surface area contributed by atoms with Crippen molar-refractivity contribution in [3.63, 3.8) is 0 Å². The van der Waals surface area contributed by atoms with E-state index in [0.29, 0.717) is 25.1 Å². The van der Waals surface area contributed by atoms with E-state index in [1.165, 1.54) is 22.4 Å². The van der Waals surface area contributed by atoms with E-state index in [9.17, 15) is 14.4 Å². The van der Waals surface area contributed by atoms with E-state index >= 15 is 0 Å². The quantitative estimate of drug-likeness (QED) is 0.561. The van der Waals surface area contributed by atoms with Gasteiger partial charge in [-0.15, -0.1) is 0 Å². The first-order valence-electron chi connectivity index (χ1n) is 12.4. The zero-order chi connectivity index (χ0) is 24.8. The fraction of sp³-hybridized carbons (Fsp3) is 0.233. The summed E-state index contributed by atoms with van der Waals surface area (Å²) in [5, 5.41) is 2.37. The van der Waals surface area contributed by atoms with Crippen LogP contribution in [-0.2, 0) is 22.7 Å². The molecule has 3 aromatic rings. The van der Waals surface area contributed by atoms with Crippen LogP contribution in [0.1, 0.15) is 57.1 Å². The van der Waals surface area contributed by atoms with Crippen molar-refractivity contribution < 1.29 is 14.4 Å². The van der Waals surface area contributed by atoms with Gasteiger partial charge in [0.1, 0.15) is 6.04 Å². The third-order valence-electron chi connectivity index (χ3n) is 7.49. The van der Waals surface area contributed by atoms with Gasteiger partial charge in [0, 0.05) is 30.8 Å². The lowest BCUT2D eigenvalue weighted by molar-refractivity contribution is -0.136. The fourth-order valence-electron chi connectivity index (χ4n) is 5.64. The smallest absolute Gasteiger partial charge is 0.255 e. The zero-order valence-corrected chi connectivity index (χ0v) is 20.1. The van der Waals surface area contributed by atoms with Gasteiger partial charge in [-0.2, -0.15) is 0 Å². The van der Waals surface area contributed by atoms with Crippen LogP contribution in [0.2, 0.25) is 0 Å². The van der Waals surface area contributed by atoms with Gasteiger partial charge in [-0.05, 0) is 53.3 Å². The SMILES string of the molecule is Cc1ccccc1C1C=Cc2ccccc2N1Cc1ccc2c(c1)CN(C1CCC(=O)NC1=O)C2=O. The molecule has 36 heavy (non-hydrogen) atoms. The molecule has 3 amide bonds. The first kappa shape index (κ1) is 22.3. The maximum Gasteiger partial charge on any atom is 0.255 e. The Morgan fingerprint density at radius 3 is 2.61 bits per heavy atom. The van der Waals surface area contributed by atoms with Gasteiger partial charge in [0.25, 0.3) is 5.91 Å². The number of imide groups is 1. The van der Waals surface area contributed by atoms with Crippen LogP contribution in [0.15, 0.2) is 72.8 Å². The molecule has 3 aliphatic heterocycles. The summed E-state index contributed by atoms with van der Waals surface area (Å²) in [7, 11) is 0. The summed E-state index contributed by atoms with van der Waals surface area (Å²) in [5.74, 6) is -0.803. The van der Waals surface area contributed by atoms with Gasteiger partial charge in [-0.1, -0.05) is 66.7 Å². The number of anilines is 1. The zero-order valence-electron chi connectivity index (χ0n) is 20.1. The van der Waals surface area contributed by atoms with Crippen LogP contribution < -0.4 is 10.2 Å². The number of hydrogen-bond donors (Lipinski definition) is 1. The maximum absolute atomic E-state index is 13.1. The molecule has 0 bridgehead atoms. The summed E-state index contributed by atoms with van der Waals surface area (Å²) in [6, 6.07) is 22.4. The van der Waals surface area contributed by atoms with Gasteiger partial charge in [0.05, 0.1) is 6.04 Å². The average Bonchev–Trinajstić information content (AvgIpc) is 3.20. The number of rotatable bonds is 4. The molecule has 0 radical (unpaired) electrons. The average molecular weight is 478 g/mol. The van der Waals surface area contributed by atoms with Gasteiger partial charge in [-0.25, -0.2) is 0 Å². The lowest BCUT2D eigenvalue weighted by Gasteiger charge is -2.37. The Kier molecular flexibility index (Phi) is 5.44. The third-order valence-corrected chi connectivity index (χ3v) is 7.49. The van der Waals surface area contributed by atoms with Crippen molar-refractivity contribution in [3.8, 4) is 0 Å². The molecule has 0 aromatic heterocycles. The van der Waals surface area contributed by atoms with E-state index < -0.39 is 6.04 Å². The van der Waals surface area contributed by atoms with Crippen LogP contribution in [0.4, 0.5) is 5.69 Å². The minimum atomic E-state index is -0.601. The molecular weight excluding hydrogens is 450 g/mol. The highest BCUT2D eigenvalue weighted by Crippen LogP contribution is 2.39. The van der Waals surface area contributed by atoms with Crippen molar-refractivity contribution in [1.82, 2.24) is 10.2 Å². The van der Waals surface area contributed by atoms with Crippen LogP contribution >= 0.6 is 0 Å². The molecule has 3 heterocycles. The Bertz CT molecular complexity index is 1430. The number of nitrogens with one attached hydrogen (secondary N) is 1. The highest BCUT2D eigenvalue weighted by Gasteiger charge is 2.39. The van der Waals surface area contributed by atoms with Crippen LogP contribution in [-0.4, -0.2) is 28.7 Å². The largest absolute Gasteiger partial charge is 0.356 e. The van der Waals surface area contributed by atoms with Crippen molar-refractivity contribution >= 4 is 29.5 Å². The molecule has 2 unspecified atom stereocenters. The van der Waals surface area contributed by atoms with E-state index in [4.69, 9.17) is 0 Å². The summed E-state index contributed by atoms with van der Waals surface area (Å²) in [5.41, 5.74) is 7.54. The van der Waals surface area contributed by atoms with Crippen molar-refractivity contribution in [2.45, 2.75) is 44.9 Å². The molecule has 1 saturated heterocycles. The number of hydrogen-bond acceptors (Lipinski definition) is 4. The summed E-state index contributed by atoms with van der Waals surface area (Å²) in [6.45, 7) is 3.21. The van der Waals surface area contributed by atoms with Crippen LogP contribution in [0.5, 0.6) is 0 Å². The number of fused-ring (bicyclic) bond motifs is 2. The monoisotopic (exact) mass is 477 g/mol. The molecule has 3 aliphatic rings. The molecule has 0 spiro atoms. The second kappa shape index (κ2) is 8.79. The molecule has 1 N–H and O–H groups in total. The molecule has 0 saturated carbocycles. The van der Waals surface area contributed by atoms with E-state index in [1.54, 1.807) is 4.90 Å². The maximum atomic E-state index is 13.1. The third kappa shape index (κ3) is 3.79. The highest BCUT2D eigenvalue weighted by atomic mass is 16.2. The van der Waals surface area contributed by atoms with Gasteiger partial charge in [0.15, 0.2) is 0 Å². The molecule has 6 nitrogen and oxygen atoms in total. The van der Waals surface area contributed by atoms with Crippen molar-refractivity contribution in [2.24, 2.45) is 0 Å². The molecule has 3 aromatic carbocycles. The van der Waals surface area contributed by atoms with Crippen LogP contribution in [0.3, 0.4) is 0 Å². The Hall–Kier alpha value is -4.19. The number of carbonyl (C=O) groups is 3.